The second-order valence-corrected chi connectivity index (χ2v) is 4.53. The van der Waals surface area contributed by atoms with Gasteiger partial charge in [-0.1, -0.05) is 0 Å². The molecule has 6 heteroatoms. The van der Waals surface area contributed by atoms with Crippen LogP contribution in [0.3, 0.4) is 0 Å². The maximum absolute atomic E-state index is 4.49. The van der Waals surface area contributed by atoms with Crippen LogP contribution >= 0.6 is 0 Å². The molecule has 0 fully saturated rings. The van der Waals surface area contributed by atoms with E-state index in [4.69, 9.17) is 0 Å². The van der Waals surface area contributed by atoms with Crippen molar-refractivity contribution in [2.24, 2.45) is 0 Å². The molecule has 0 bridgehead atoms. The fourth-order valence-corrected chi connectivity index (χ4v) is 1.79. The standard InChI is InChI=1S/C12H18N6/c1-7-6-13-12(15-11(7)18(4)5)14-10-8(2)16-17-9(10)3/h6H,1-5H3,(H,16,17)(H,13,14,15). The van der Waals surface area contributed by atoms with Gasteiger partial charge < -0.3 is 10.2 Å². The summed E-state index contributed by atoms with van der Waals surface area (Å²) >= 11 is 0. The smallest absolute Gasteiger partial charge is 0.229 e. The van der Waals surface area contributed by atoms with E-state index in [9.17, 15) is 0 Å². The summed E-state index contributed by atoms with van der Waals surface area (Å²) in [6.45, 7) is 5.89. The molecule has 0 amide bonds. The molecule has 0 spiro atoms. The number of aromatic nitrogens is 4. The van der Waals surface area contributed by atoms with Gasteiger partial charge in [0, 0.05) is 25.9 Å². The van der Waals surface area contributed by atoms with Gasteiger partial charge in [-0.05, 0) is 20.8 Å². The Labute approximate surface area is 106 Å². The van der Waals surface area contributed by atoms with Crippen LogP contribution in [-0.2, 0) is 0 Å². The third-order valence-corrected chi connectivity index (χ3v) is 2.73. The number of nitrogens with one attached hydrogen (secondary N) is 2. The highest BCUT2D eigenvalue weighted by Gasteiger charge is 2.10. The number of hydrogen-bond acceptors (Lipinski definition) is 5. The highest BCUT2D eigenvalue weighted by atomic mass is 15.2. The minimum atomic E-state index is 0.580. The molecule has 0 saturated heterocycles. The maximum Gasteiger partial charge on any atom is 0.229 e. The quantitative estimate of drug-likeness (QED) is 0.866. The van der Waals surface area contributed by atoms with Crippen LogP contribution in [0.25, 0.3) is 0 Å². The average molecular weight is 246 g/mol. The van der Waals surface area contributed by atoms with E-state index in [0.29, 0.717) is 5.95 Å². The Hall–Kier alpha value is -2.11. The Kier molecular flexibility index (Phi) is 3.18. The molecule has 2 N–H and O–H groups in total. The molecule has 0 aliphatic rings. The zero-order chi connectivity index (χ0) is 13.3. The van der Waals surface area contributed by atoms with Crippen molar-refractivity contribution in [1.82, 2.24) is 20.2 Å². The highest BCUT2D eigenvalue weighted by Crippen LogP contribution is 2.22. The van der Waals surface area contributed by atoms with Gasteiger partial charge in [0.15, 0.2) is 0 Å². The molecule has 0 aliphatic carbocycles. The predicted octanol–water partition coefficient (Wildman–Crippen LogP) is 1.93. The first-order valence-electron chi connectivity index (χ1n) is 5.78. The molecule has 0 saturated carbocycles. The summed E-state index contributed by atoms with van der Waals surface area (Å²) in [5, 5.41) is 10.3. The number of hydrogen-bond donors (Lipinski definition) is 2. The van der Waals surface area contributed by atoms with Gasteiger partial charge in [0.2, 0.25) is 5.95 Å². The Morgan fingerprint density at radius 2 is 1.94 bits per heavy atom. The molecule has 0 unspecified atom stereocenters. The summed E-state index contributed by atoms with van der Waals surface area (Å²) in [6, 6.07) is 0. The maximum atomic E-state index is 4.49. The van der Waals surface area contributed by atoms with E-state index in [1.165, 1.54) is 0 Å². The summed E-state index contributed by atoms with van der Waals surface area (Å²) < 4.78 is 0. The van der Waals surface area contributed by atoms with Crippen molar-refractivity contribution in [3.05, 3.63) is 23.1 Å². The molecule has 0 atom stereocenters. The number of aromatic amines is 1. The van der Waals surface area contributed by atoms with Crippen LogP contribution in [0.15, 0.2) is 6.20 Å². The number of nitrogens with zero attached hydrogens (tertiary/aromatic N) is 4. The van der Waals surface area contributed by atoms with Gasteiger partial charge in [-0.2, -0.15) is 10.1 Å². The molecule has 0 radical (unpaired) electrons. The molecule has 2 rings (SSSR count). The number of rotatable bonds is 3. The van der Waals surface area contributed by atoms with Crippen molar-refractivity contribution in [3.63, 3.8) is 0 Å². The molecule has 2 heterocycles. The first-order valence-corrected chi connectivity index (χ1v) is 5.78. The van der Waals surface area contributed by atoms with E-state index in [-0.39, 0.29) is 0 Å². The molecule has 96 valence electrons. The van der Waals surface area contributed by atoms with Gasteiger partial charge >= 0.3 is 0 Å². The highest BCUT2D eigenvalue weighted by molar-refractivity contribution is 5.60. The van der Waals surface area contributed by atoms with Crippen molar-refractivity contribution < 1.29 is 0 Å². The molecule has 0 aromatic carbocycles. The van der Waals surface area contributed by atoms with E-state index >= 15 is 0 Å². The number of H-pyrrole nitrogens is 1. The molecular formula is C12H18N6. The summed E-state index contributed by atoms with van der Waals surface area (Å²) in [6.07, 6.45) is 1.81. The van der Waals surface area contributed by atoms with E-state index < -0.39 is 0 Å². The largest absolute Gasteiger partial charge is 0.362 e. The van der Waals surface area contributed by atoms with Crippen molar-refractivity contribution in [3.8, 4) is 0 Å². The van der Waals surface area contributed by atoms with Gasteiger partial charge in [-0.25, -0.2) is 4.98 Å². The Morgan fingerprint density at radius 3 is 2.50 bits per heavy atom. The van der Waals surface area contributed by atoms with Gasteiger partial charge in [0.25, 0.3) is 0 Å². The Balaban J connectivity index is 2.33. The van der Waals surface area contributed by atoms with E-state index in [2.05, 4.69) is 25.5 Å². The second kappa shape index (κ2) is 4.64. The molecule has 18 heavy (non-hydrogen) atoms. The van der Waals surface area contributed by atoms with E-state index in [1.807, 2.05) is 46.0 Å². The first kappa shape index (κ1) is 12.3. The van der Waals surface area contributed by atoms with Crippen molar-refractivity contribution in [1.29, 1.82) is 0 Å². The lowest BCUT2D eigenvalue weighted by Crippen LogP contribution is -2.13. The molecule has 2 aromatic heterocycles. The molecule has 2 aromatic rings. The number of anilines is 3. The lowest BCUT2D eigenvalue weighted by molar-refractivity contribution is 1.02. The van der Waals surface area contributed by atoms with Crippen LogP contribution in [0.4, 0.5) is 17.5 Å². The van der Waals surface area contributed by atoms with Crippen LogP contribution in [0.1, 0.15) is 17.0 Å². The molecular weight excluding hydrogens is 228 g/mol. The minimum absolute atomic E-state index is 0.580. The van der Waals surface area contributed by atoms with Crippen LogP contribution < -0.4 is 10.2 Å². The molecule has 0 aliphatic heterocycles. The summed E-state index contributed by atoms with van der Waals surface area (Å²) in [7, 11) is 3.93. The monoisotopic (exact) mass is 246 g/mol. The SMILES string of the molecule is Cc1cnc(Nc2c(C)n[nH]c2C)nc1N(C)C. The summed E-state index contributed by atoms with van der Waals surface area (Å²) in [5.41, 5.74) is 3.86. The van der Waals surface area contributed by atoms with Gasteiger partial charge in [-0.3, -0.25) is 5.10 Å². The fraction of sp³-hybridized carbons (Fsp3) is 0.417. The zero-order valence-corrected chi connectivity index (χ0v) is 11.4. The fourth-order valence-electron chi connectivity index (χ4n) is 1.79. The first-order chi connectivity index (χ1) is 8.49. The van der Waals surface area contributed by atoms with Crippen LogP contribution in [0, 0.1) is 20.8 Å². The van der Waals surface area contributed by atoms with Crippen molar-refractivity contribution in [2.75, 3.05) is 24.3 Å². The zero-order valence-electron chi connectivity index (χ0n) is 11.4. The Bertz CT molecular complexity index is 538. The van der Waals surface area contributed by atoms with E-state index in [0.717, 1.165) is 28.5 Å². The van der Waals surface area contributed by atoms with Crippen LogP contribution in [0.2, 0.25) is 0 Å². The minimum Gasteiger partial charge on any atom is -0.362 e. The second-order valence-electron chi connectivity index (χ2n) is 4.53. The molecule has 6 nitrogen and oxygen atoms in total. The lowest BCUT2D eigenvalue weighted by Gasteiger charge is -2.15. The third-order valence-electron chi connectivity index (χ3n) is 2.73. The van der Waals surface area contributed by atoms with Crippen molar-refractivity contribution >= 4 is 17.5 Å². The Morgan fingerprint density at radius 1 is 1.22 bits per heavy atom. The van der Waals surface area contributed by atoms with E-state index in [1.54, 1.807) is 0 Å². The van der Waals surface area contributed by atoms with Crippen LogP contribution in [0.5, 0.6) is 0 Å². The average Bonchev–Trinajstić information content (AvgIpc) is 2.63. The predicted molar refractivity (Wildman–Crippen MR) is 72.4 cm³/mol. The lowest BCUT2D eigenvalue weighted by atomic mass is 10.3. The van der Waals surface area contributed by atoms with Crippen LogP contribution in [-0.4, -0.2) is 34.3 Å². The number of aryl methyl sites for hydroxylation is 3. The van der Waals surface area contributed by atoms with Gasteiger partial charge in [0.05, 0.1) is 17.1 Å². The topological polar surface area (TPSA) is 69.7 Å². The van der Waals surface area contributed by atoms with Gasteiger partial charge in [0.1, 0.15) is 5.82 Å². The van der Waals surface area contributed by atoms with Gasteiger partial charge in [-0.15, -0.1) is 0 Å². The summed E-state index contributed by atoms with van der Waals surface area (Å²) in [4.78, 5) is 10.7. The third kappa shape index (κ3) is 2.27. The normalized spacial score (nSPS) is 10.5. The van der Waals surface area contributed by atoms with Crippen molar-refractivity contribution in [2.45, 2.75) is 20.8 Å². The summed E-state index contributed by atoms with van der Waals surface area (Å²) in [5.74, 6) is 1.49.